The Kier molecular flexibility index (Phi) is 2.84. The molecule has 1 fully saturated rings. The van der Waals surface area contributed by atoms with E-state index < -0.39 is 0 Å². The van der Waals surface area contributed by atoms with Gasteiger partial charge in [-0.2, -0.15) is 0 Å². The Balaban J connectivity index is 1.79. The van der Waals surface area contributed by atoms with Crippen LogP contribution in [0.1, 0.15) is 28.1 Å². The standard InChI is InChI=1S/C10H14N2OS/c11-10(13)8-3-9(14-6-8)5-12-4-7-1-2-7/h3,6-7,12H,1-2,4-5H2,(H2,11,13). The van der Waals surface area contributed by atoms with E-state index in [0.29, 0.717) is 5.56 Å². The predicted octanol–water partition coefficient (Wildman–Crippen LogP) is 1.35. The van der Waals surface area contributed by atoms with Crippen molar-refractivity contribution in [3.05, 3.63) is 21.9 Å². The number of hydrogen-bond acceptors (Lipinski definition) is 3. The van der Waals surface area contributed by atoms with E-state index in [1.54, 1.807) is 11.3 Å². The van der Waals surface area contributed by atoms with Gasteiger partial charge in [0.05, 0.1) is 5.56 Å². The molecule has 3 N–H and O–H groups in total. The van der Waals surface area contributed by atoms with E-state index in [1.807, 2.05) is 11.4 Å². The van der Waals surface area contributed by atoms with Gasteiger partial charge in [0, 0.05) is 16.8 Å². The van der Waals surface area contributed by atoms with Crippen molar-refractivity contribution in [2.45, 2.75) is 19.4 Å². The smallest absolute Gasteiger partial charge is 0.249 e. The Morgan fingerprint density at radius 2 is 2.43 bits per heavy atom. The normalized spacial score (nSPS) is 15.7. The molecule has 1 aliphatic carbocycles. The van der Waals surface area contributed by atoms with Gasteiger partial charge >= 0.3 is 0 Å². The van der Waals surface area contributed by atoms with Crippen LogP contribution in [0.3, 0.4) is 0 Å². The molecular weight excluding hydrogens is 196 g/mol. The van der Waals surface area contributed by atoms with Gasteiger partial charge in [-0.15, -0.1) is 11.3 Å². The Morgan fingerprint density at radius 1 is 1.64 bits per heavy atom. The fraction of sp³-hybridized carbons (Fsp3) is 0.500. The highest BCUT2D eigenvalue weighted by atomic mass is 32.1. The van der Waals surface area contributed by atoms with Gasteiger partial charge in [-0.25, -0.2) is 0 Å². The molecule has 0 bridgehead atoms. The summed E-state index contributed by atoms with van der Waals surface area (Å²) in [5, 5.41) is 5.19. The van der Waals surface area contributed by atoms with Crippen LogP contribution in [0.2, 0.25) is 0 Å². The van der Waals surface area contributed by atoms with Crippen molar-refractivity contribution < 1.29 is 4.79 Å². The molecule has 4 heteroatoms. The van der Waals surface area contributed by atoms with Gasteiger partial charge in [0.1, 0.15) is 0 Å². The molecule has 1 amide bonds. The third-order valence-electron chi connectivity index (χ3n) is 2.37. The lowest BCUT2D eigenvalue weighted by Gasteiger charge is -1.99. The topological polar surface area (TPSA) is 55.1 Å². The molecule has 1 saturated carbocycles. The minimum absolute atomic E-state index is 0.338. The van der Waals surface area contributed by atoms with Gasteiger partial charge in [-0.1, -0.05) is 0 Å². The summed E-state index contributed by atoms with van der Waals surface area (Å²) >= 11 is 1.59. The minimum Gasteiger partial charge on any atom is -0.366 e. The second kappa shape index (κ2) is 4.11. The first kappa shape index (κ1) is 9.68. The van der Waals surface area contributed by atoms with Crippen LogP contribution >= 0.6 is 11.3 Å². The fourth-order valence-electron chi connectivity index (χ4n) is 1.32. The average Bonchev–Trinajstić information content (AvgIpc) is 2.82. The van der Waals surface area contributed by atoms with Crippen LogP contribution in [-0.4, -0.2) is 12.5 Å². The van der Waals surface area contributed by atoms with Crippen molar-refractivity contribution in [2.24, 2.45) is 11.7 Å². The third-order valence-corrected chi connectivity index (χ3v) is 3.30. The lowest BCUT2D eigenvalue weighted by Crippen LogP contribution is -2.15. The Hall–Kier alpha value is -0.870. The third kappa shape index (κ3) is 2.56. The number of carbonyl (C=O) groups is 1. The highest BCUT2D eigenvalue weighted by Gasteiger charge is 2.20. The van der Waals surface area contributed by atoms with Crippen LogP contribution in [0.4, 0.5) is 0 Å². The van der Waals surface area contributed by atoms with Gasteiger partial charge in [0.15, 0.2) is 0 Å². The van der Waals surface area contributed by atoms with Crippen molar-refractivity contribution >= 4 is 17.2 Å². The lowest BCUT2D eigenvalue weighted by molar-refractivity contribution is 0.100. The number of nitrogens with two attached hydrogens (primary N) is 1. The fourth-order valence-corrected chi connectivity index (χ4v) is 2.17. The van der Waals surface area contributed by atoms with Crippen molar-refractivity contribution in [3.8, 4) is 0 Å². The van der Waals surface area contributed by atoms with E-state index in [0.717, 1.165) is 19.0 Å². The molecule has 14 heavy (non-hydrogen) atoms. The predicted molar refractivity (Wildman–Crippen MR) is 57.3 cm³/mol. The van der Waals surface area contributed by atoms with E-state index in [4.69, 9.17) is 5.73 Å². The number of hydrogen-bond donors (Lipinski definition) is 2. The summed E-state index contributed by atoms with van der Waals surface area (Å²) in [5.74, 6) is 0.556. The lowest BCUT2D eigenvalue weighted by atomic mass is 10.3. The number of amides is 1. The molecule has 76 valence electrons. The van der Waals surface area contributed by atoms with Crippen LogP contribution in [0.15, 0.2) is 11.4 Å². The van der Waals surface area contributed by atoms with E-state index >= 15 is 0 Å². The molecule has 1 aromatic heterocycles. The highest BCUT2D eigenvalue weighted by Crippen LogP contribution is 2.27. The quantitative estimate of drug-likeness (QED) is 0.770. The number of thiophene rings is 1. The first-order valence-corrected chi connectivity index (χ1v) is 5.71. The van der Waals surface area contributed by atoms with Crippen LogP contribution in [-0.2, 0) is 6.54 Å². The summed E-state index contributed by atoms with van der Waals surface area (Å²) in [6.07, 6.45) is 2.73. The van der Waals surface area contributed by atoms with Gasteiger partial charge in [0.2, 0.25) is 5.91 Å². The van der Waals surface area contributed by atoms with Crippen molar-refractivity contribution in [1.82, 2.24) is 5.32 Å². The molecule has 0 unspecified atom stereocenters. The Bertz CT molecular complexity index is 331. The number of rotatable bonds is 5. The van der Waals surface area contributed by atoms with E-state index in [2.05, 4.69) is 5.32 Å². The monoisotopic (exact) mass is 210 g/mol. The molecule has 2 rings (SSSR count). The maximum Gasteiger partial charge on any atom is 0.249 e. The molecule has 0 atom stereocenters. The Labute approximate surface area is 87.3 Å². The molecule has 0 saturated heterocycles. The summed E-state index contributed by atoms with van der Waals surface area (Å²) in [6.45, 7) is 1.96. The van der Waals surface area contributed by atoms with Crippen LogP contribution in [0.5, 0.6) is 0 Å². The molecule has 0 radical (unpaired) electrons. The first-order chi connectivity index (χ1) is 6.75. The van der Waals surface area contributed by atoms with Gasteiger partial charge in [0.25, 0.3) is 0 Å². The van der Waals surface area contributed by atoms with E-state index in [-0.39, 0.29) is 5.91 Å². The average molecular weight is 210 g/mol. The number of nitrogens with one attached hydrogen (secondary N) is 1. The van der Waals surface area contributed by atoms with Crippen molar-refractivity contribution in [2.75, 3.05) is 6.54 Å². The summed E-state index contributed by atoms with van der Waals surface area (Å²) in [4.78, 5) is 12.0. The van der Waals surface area contributed by atoms with Gasteiger partial charge < -0.3 is 11.1 Å². The zero-order valence-corrected chi connectivity index (χ0v) is 8.77. The van der Waals surface area contributed by atoms with Gasteiger partial charge in [-0.05, 0) is 31.4 Å². The van der Waals surface area contributed by atoms with Crippen LogP contribution in [0, 0.1) is 5.92 Å². The van der Waals surface area contributed by atoms with Crippen molar-refractivity contribution in [3.63, 3.8) is 0 Å². The molecule has 1 aromatic rings. The van der Waals surface area contributed by atoms with E-state index in [9.17, 15) is 4.79 Å². The number of primary amides is 1. The largest absolute Gasteiger partial charge is 0.366 e. The molecule has 0 aromatic carbocycles. The molecule has 0 spiro atoms. The molecular formula is C10H14N2OS. The second-order valence-corrected chi connectivity index (χ2v) is 4.74. The zero-order valence-electron chi connectivity index (χ0n) is 7.95. The van der Waals surface area contributed by atoms with Gasteiger partial charge in [-0.3, -0.25) is 4.79 Å². The second-order valence-electron chi connectivity index (χ2n) is 3.74. The summed E-state index contributed by atoms with van der Waals surface area (Å²) in [5.41, 5.74) is 5.78. The van der Waals surface area contributed by atoms with Crippen LogP contribution in [0.25, 0.3) is 0 Å². The summed E-state index contributed by atoms with van der Waals surface area (Å²) in [7, 11) is 0. The molecule has 1 aliphatic rings. The van der Waals surface area contributed by atoms with Crippen LogP contribution < -0.4 is 11.1 Å². The van der Waals surface area contributed by atoms with Crippen molar-refractivity contribution in [1.29, 1.82) is 0 Å². The summed E-state index contributed by atoms with van der Waals surface area (Å²) in [6, 6.07) is 1.87. The molecule has 3 nitrogen and oxygen atoms in total. The van der Waals surface area contributed by atoms with E-state index in [1.165, 1.54) is 17.7 Å². The highest BCUT2D eigenvalue weighted by molar-refractivity contribution is 7.10. The minimum atomic E-state index is -0.338. The molecule has 0 aliphatic heterocycles. The maximum absolute atomic E-state index is 10.8. The maximum atomic E-state index is 10.8. The zero-order chi connectivity index (χ0) is 9.97. The number of carbonyl (C=O) groups excluding carboxylic acids is 1. The first-order valence-electron chi connectivity index (χ1n) is 4.83. The Morgan fingerprint density at radius 3 is 3.00 bits per heavy atom. The SMILES string of the molecule is NC(=O)c1csc(CNCC2CC2)c1. The molecule has 1 heterocycles. The summed E-state index contributed by atoms with van der Waals surface area (Å²) < 4.78 is 0.